The molecule has 0 aromatic rings. The van der Waals surface area contributed by atoms with E-state index >= 15 is 0 Å². The molecule has 0 radical (unpaired) electrons. The summed E-state index contributed by atoms with van der Waals surface area (Å²) < 4.78 is 5.05. The fourth-order valence-electron chi connectivity index (χ4n) is 1.02. The highest BCUT2D eigenvalue weighted by Gasteiger charge is 1.98. The molecule has 3 nitrogen and oxygen atoms in total. The van der Waals surface area contributed by atoms with Crippen molar-refractivity contribution in [3.05, 3.63) is 0 Å². The van der Waals surface area contributed by atoms with Gasteiger partial charge in [0, 0.05) is 6.54 Å². The van der Waals surface area contributed by atoms with E-state index in [1.54, 1.807) is 0 Å². The molecule has 0 saturated carbocycles. The molecule has 11 heavy (non-hydrogen) atoms. The molecular weight excluding hydrogens is 140 g/mol. The van der Waals surface area contributed by atoms with Crippen molar-refractivity contribution < 1.29 is 4.74 Å². The SMILES string of the molecule is CCCN(CC)CCOCN. The number of rotatable bonds is 7. The van der Waals surface area contributed by atoms with Crippen molar-refractivity contribution in [3.63, 3.8) is 0 Å². The Morgan fingerprint density at radius 3 is 2.45 bits per heavy atom. The molecule has 3 heteroatoms. The Bertz CT molecular complexity index is 78.5. The highest BCUT2D eigenvalue weighted by Crippen LogP contribution is 1.89. The van der Waals surface area contributed by atoms with Gasteiger partial charge in [-0.25, -0.2) is 0 Å². The Labute approximate surface area is 69.5 Å². The fraction of sp³-hybridized carbons (Fsp3) is 1.00. The van der Waals surface area contributed by atoms with Crippen LogP contribution in [0.5, 0.6) is 0 Å². The standard InChI is InChI=1S/C8H20N2O/c1-3-5-10(4-2)6-7-11-8-9/h3-9H2,1-2H3. The third kappa shape index (κ3) is 6.28. The van der Waals surface area contributed by atoms with E-state index in [4.69, 9.17) is 10.5 Å². The lowest BCUT2D eigenvalue weighted by molar-refractivity contribution is 0.110. The van der Waals surface area contributed by atoms with Gasteiger partial charge in [0.25, 0.3) is 0 Å². The van der Waals surface area contributed by atoms with Gasteiger partial charge < -0.3 is 15.4 Å². The van der Waals surface area contributed by atoms with Crippen molar-refractivity contribution in [1.29, 1.82) is 0 Å². The minimum Gasteiger partial charge on any atom is -0.365 e. The molecule has 0 aliphatic carbocycles. The molecule has 0 amide bonds. The lowest BCUT2D eigenvalue weighted by Gasteiger charge is -2.18. The Kier molecular flexibility index (Phi) is 7.89. The van der Waals surface area contributed by atoms with Gasteiger partial charge >= 0.3 is 0 Å². The number of ether oxygens (including phenoxy) is 1. The minimum atomic E-state index is 0.337. The van der Waals surface area contributed by atoms with E-state index in [0.717, 1.165) is 26.2 Å². The highest BCUT2D eigenvalue weighted by atomic mass is 16.5. The molecule has 0 aliphatic rings. The van der Waals surface area contributed by atoms with E-state index < -0.39 is 0 Å². The summed E-state index contributed by atoms with van der Waals surface area (Å²) in [4.78, 5) is 2.36. The van der Waals surface area contributed by atoms with Crippen LogP contribution in [0.25, 0.3) is 0 Å². The van der Waals surface area contributed by atoms with Crippen LogP contribution in [-0.2, 0) is 4.74 Å². The summed E-state index contributed by atoms with van der Waals surface area (Å²) in [5.41, 5.74) is 5.19. The summed E-state index contributed by atoms with van der Waals surface area (Å²) in [6.07, 6.45) is 1.20. The molecule has 0 heterocycles. The Morgan fingerprint density at radius 2 is 2.00 bits per heavy atom. The van der Waals surface area contributed by atoms with Crippen LogP contribution in [0.15, 0.2) is 0 Å². The third-order valence-corrected chi connectivity index (χ3v) is 1.66. The van der Waals surface area contributed by atoms with Crippen molar-refractivity contribution >= 4 is 0 Å². The average Bonchev–Trinajstić information content (AvgIpc) is 2.03. The molecule has 0 unspecified atom stereocenters. The van der Waals surface area contributed by atoms with Crippen LogP contribution in [-0.4, -0.2) is 37.9 Å². The fourth-order valence-corrected chi connectivity index (χ4v) is 1.02. The van der Waals surface area contributed by atoms with Gasteiger partial charge in [-0.2, -0.15) is 0 Å². The first-order valence-corrected chi connectivity index (χ1v) is 4.35. The number of nitrogens with zero attached hydrogens (tertiary/aromatic N) is 1. The zero-order valence-corrected chi connectivity index (χ0v) is 7.68. The Morgan fingerprint density at radius 1 is 1.27 bits per heavy atom. The maximum Gasteiger partial charge on any atom is 0.0940 e. The number of nitrogens with two attached hydrogens (primary N) is 1. The van der Waals surface area contributed by atoms with E-state index in [9.17, 15) is 0 Å². The summed E-state index contributed by atoms with van der Waals surface area (Å²) >= 11 is 0. The predicted octanol–water partition coefficient (Wildman–Crippen LogP) is 0.651. The van der Waals surface area contributed by atoms with Crippen LogP contribution in [0, 0.1) is 0 Å². The average molecular weight is 160 g/mol. The molecule has 0 fully saturated rings. The molecule has 0 rings (SSSR count). The van der Waals surface area contributed by atoms with Crippen LogP contribution in [0.4, 0.5) is 0 Å². The molecule has 0 atom stereocenters. The molecule has 0 bridgehead atoms. The Balaban J connectivity index is 3.20. The van der Waals surface area contributed by atoms with Gasteiger partial charge in [0.15, 0.2) is 0 Å². The normalized spacial score (nSPS) is 10.9. The maximum atomic E-state index is 5.19. The summed E-state index contributed by atoms with van der Waals surface area (Å²) in [7, 11) is 0. The molecule has 0 aromatic heterocycles. The zero-order valence-electron chi connectivity index (χ0n) is 7.68. The van der Waals surface area contributed by atoms with E-state index in [2.05, 4.69) is 18.7 Å². The van der Waals surface area contributed by atoms with E-state index in [0.29, 0.717) is 6.73 Å². The minimum absolute atomic E-state index is 0.337. The monoisotopic (exact) mass is 160 g/mol. The van der Waals surface area contributed by atoms with Crippen LogP contribution in [0.3, 0.4) is 0 Å². The van der Waals surface area contributed by atoms with Crippen LogP contribution in [0.2, 0.25) is 0 Å². The van der Waals surface area contributed by atoms with Crippen molar-refractivity contribution in [2.45, 2.75) is 20.3 Å². The van der Waals surface area contributed by atoms with Gasteiger partial charge in [0.05, 0.1) is 13.3 Å². The lowest BCUT2D eigenvalue weighted by atomic mass is 10.4. The highest BCUT2D eigenvalue weighted by molar-refractivity contribution is 4.52. The largest absolute Gasteiger partial charge is 0.365 e. The quantitative estimate of drug-likeness (QED) is 0.439. The molecular formula is C8H20N2O. The van der Waals surface area contributed by atoms with E-state index in [1.165, 1.54) is 6.42 Å². The zero-order chi connectivity index (χ0) is 8.53. The van der Waals surface area contributed by atoms with Crippen LogP contribution >= 0.6 is 0 Å². The van der Waals surface area contributed by atoms with Gasteiger partial charge in [0.2, 0.25) is 0 Å². The number of likely N-dealkylation sites (N-methyl/N-ethyl adjacent to an activating group) is 1. The van der Waals surface area contributed by atoms with Crippen molar-refractivity contribution in [1.82, 2.24) is 4.90 Å². The van der Waals surface area contributed by atoms with Gasteiger partial charge in [-0.3, -0.25) is 0 Å². The second-order valence-electron chi connectivity index (χ2n) is 2.51. The summed E-state index contributed by atoms with van der Waals surface area (Å²) in [6.45, 7) is 8.70. The second kappa shape index (κ2) is 7.98. The molecule has 0 aliphatic heterocycles. The maximum absolute atomic E-state index is 5.19. The predicted molar refractivity (Wildman–Crippen MR) is 47.4 cm³/mol. The van der Waals surface area contributed by atoms with Gasteiger partial charge in [-0.1, -0.05) is 13.8 Å². The van der Waals surface area contributed by atoms with E-state index in [-0.39, 0.29) is 0 Å². The molecule has 0 aromatic carbocycles. The first-order valence-electron chi connectivity index (χ1n) is 4.35. The number of hydrogen-bond donors (Lipinski definition) is 1. The van der Waals surface area contributed by atoms with Crippen molar-refractivity contribution in [2.75, 3.05) is 33.0 Å². The summed E-state index contributed by atoms with van der Waals surface area (Å²) in [6, 6.07) is 0. The van der Waals surface area contributed by atoms with E-state index in [1.807, 2.05) is 0 Å². The smallest absolute Gasteiger partial charge is 0.0940 e. The molecule has 68 valence electrons. The van der Waals surface area contributed by atoms with Crippen molar-refractivity contribution in [2.24, 2.45) is 5.73 Å². The Hall–Kier alpha value is -0.120. The topological polar surface area (TPSA) is 38.5 Å². The summed E-state index contributed by atoms with van der Waals surface area (Å²) in [5, 5.41) is 0. The van der Waals surface area contributed by atoms with Gasteiger partial charge in [-0.05, 0) is 19.5 Å². The first kappa shape index (κ1) is 10.9. The van der Waals surface area contributed by atoms with Gasteiger partial charge in [0.1, 0.15) is 0 Å². The van der Waals surface area contributed by atoms with Crippen molar-refractivity contribution in [3.8, 4) is 0 Å². The number of hydrogen-bond acceptors (Lipinski definition) is 3. The summed E-state index contributed by atoms with van der Waals surface area (Å²) in [5.74, 6) is 0. The second-order valence-corrected chi connectivity index (χ2v) is 2.51. The van der Waals surface area contributed by atoms with Gasteiger partial charge in [-0.15, -0.1) is 0 Å². The van der Waals surface area contributed by atoms with Crippen LogP contribution < -0.4 is 5.73 Å². The molecule has 0 spiro atoms. The molecule has 2 N–H and O–H groups in total. The lowest BCUT2D eigenvalue weighted by Crippen LogP contribution is -2.28. The molecule has 0 saturated heterocycles. The third-order valence-electron chi connectivity index (χ3n) is 1.66. The first-order chi connectivity index (χ1) is 5.35. The van der Waals surface area contributed by atoms with Crippen LogP contribution in [0.1, 0.15) is 20.3 Å².